The highest BCUT2D eigenvalue weighted by molar-refractivity contribution is 7.91. The van der Waals surface area contributed by atoms with E-state index in [2.05, 4.69) is 0 Å². The lowest BCUT2D eigenvalue weighted by molar-refractivity contribution is -0.0117. The van der Waals surface area contributed by atoms with Crippen LogP contribution in [0.4, 0.5) is 14.5 Å². The van der Waals surface area contributed by atoms with Crippen LogP contribution in [0.3, 0.4) is 0 Å². The molecule has 1 aromatic rings. The van der Waals surface area contributed by atoms with Crippen molar-refractivity contribution in [2.75, 3.05) is 18.0 Å². The molecule has 1 amide bonds. The number of anilines is 1. The van der Waals surface area contributed by atoms with Crippen LogP contribution in [0.5, 0.6) is 0 Å². The molecule has 1 aromatic carbocycles. The van der Waals surface area contributed by atoms with E-state index < -0.39 is 39.1 Å². The molecule has 2 N–H and O–H groups in total. The van der Waals surface area contributed by atoms with Crippen LogP contribution in [0.25, 0.3) is 0 Å². The largest absolute Gasteiger partial charge is 0.478 e. The molecule has 10 heteroatoms. The molecule has 0 spiro atoms. The summed E-state index contributed by atoms with van der Waals surface area (Å²) in [6.45, 7) is 1.06. The van der Waals surface area contributed by atoms with Crippen LogP contribution in [-0.4, -0.2) is 49.2 Å². The summed E-state index contributed by atoms with van der Waals surface area (Å²) in [5.41, 5.74) is -0.332. The molecule has 0 aromatic heterocycles. The first-order valence-electron chi connectivity index (χ1n) is 8.51. The van der Waals surface area contributed by atoms with Gasteiger partial charge in [0.15, 0.2) is 0 Å². The predicted molar refractivity (Wildman–Crippen MR) is 93.8 cm³/mol. The fraction of sp³-hybridized carbons (Fsp3) is 0.529. The standard InChI is InChI=1S/C17H20F2N2O5S/c1-16(6-7-16)27(25,26)20-14(22)12-4-3-11(15(23)24)9-13(12)21-8-2-5-17(18,19)10-21/h3-4,9H,2,5-8,10H2,1H3,(H,20,22)(H,23,24). The van der Waals surface area contributed by atoms with Gasteiger partial charge in [0.2, 0.25) is 10.0 Å². The number of hydrogen-bond acceptors (Lipinski definition) is 5. The summed E-state index contributed by atoms with van der Waals surface area (Å²) in [6, 6.07) is 3.43. The van der Waals surface area contributed by atoms with Gasteiger partial charge in [-0.3, -0.25) is 4.79 Å². The number of nitrogens with zero attached hydrogens (tertiary/aromatic N) is 1. The summed E-state index contributed by atoms with van der Waals surface area (Å²) >= 11 is 0. The van der Waals surface area contributed by atoms with Crippen molar-refractivity contribution in [3.8, 4) is 0 Å². The molecule has 0 atom stereocenters. The molecule has 27 heavy (non-hydrogen) atoms. The first-order chi connectivity index (χ1) is 12.4. The highest BCUT2D eigenvalue weighted by Crippen LogP contribution is 2.42. The van der Waals surface area contributed by atoms with Crippen molar-refractivity contribution in [3.63, 3.8) is 0 Å². The van der Waals surface area contributed by atoms with Crippen LogP contribution in [0, 0.1) is 0 Å². The number of carbonyl (C=O) groups is 2. The number of rotatable bonds is 5. The average molecular weight is 402 g/mol. The van der Waals surface area contributed by atoms with Gasteiger partial charge < -0.3 is 10.0 Å². The second-order valence-electron chi connectivity index (χ2n) is 7.30. The Morgan fingerprint density at radius 2 is 1.89 bits per heavy atom. The van der Waals surface area contributed by atoms with Gasteiger partial charge in [0.1, 0.15) is 0 Å². The van der Waals surface area contributed by atoms with Gasteiger partial charge >= 0.3 is 5.97 Å². The van der Waals surface area contributed by atoms with E-state index in [1.54, 1.807) is 0 Å². The molecule has 2 aliphatic rings. The SMILES string of the molecule is CC1(S(=O)(=O)NC(=O)c2ccc(C(=O)O)cc2N2CCCC(F)(F)C2)CC1. The average Bonchev–Trinajstić information content (AvgIpc) is 3.32. The van der Waals surface area contributed by atoms with Gasteiger partial charge in [-0.15, -0.1) is 0 Å². The van der Waals surface area contributed by atoms with Crippen LogP contribution in [0.15, 0.2) is 18.2 Å². The predicted octanol–water partition coefficient (Wildman–Crippen LogP) is 2.23. The van der Waals surface area contributed by atoms with Crippen LogP contribution < -0.4 is 9.62 Å². The number of sulfonamides is 1. The number of piperidine rings is 1. The zero-order chi connectivity index (χ0) is 20.0. The van der Waals surface area contributed by atoms with Crippen molar-refractivity contribution in [3.05, 3.63) is 29.3 Å². The summed E-state index contributed by atoms with van der Waals surface area (Å²) in [7, 11) is -3.91. The molecule has 0 unspecified atom stereocenters. The first kappa shape index (κ1) is 19.5. The Bertz CT molecular complexity index is 897. The molecule has 2 fully saturated rings. The minimum atomic E-state index is -3.91. The minimum absolute atomic E-state index is 0.0112. The van der Waals surface area contributed by atoms with E-state index in [4.69, 9.17) is 0 Å². The molecule has 1 saturated heterocycles. The Morgan fingerprint density at radius 1 is 1.22 bits per heavy atom. The Hall–Kier alpha value is -2.23. The van der Waals surface area contributed by atoms with Crippen molar-refractivity contribution in [2.24, 2.45) is 0 Å². The molecule has 0 bridgehead atoms. The van der Waals surface area contributed by atoms with Gasteiger partial charge in [-0.25, -0.2) is 26.7 Å². The highest BCUT2D eigenvalue weighted by atomic mass is 32.2. The Kier molecular flexibility index (Phi) is 4.65. The molecule has 0 radical (unpaired) electrons. The molecule has 7 nitrogen and oxygen atoms in total. The Balaban J connectivity index is 1.96. The maximum Gasteiger partial charge on any atom is 0.335 e. The molecule has 1 aliphatic carbocycles. The summed E-state index contributed by atoms with van der Waals surface area (Å²) in [4.78, 5) is 25.1. The van der Waals surface area contributed by atoms with Crippen molar-refractivity contribution in [1.29, 1.82) is 0 Å². The van der Waals surface area contributed by atoms with Crippen molar-refractivity contribution >= 4 is 27.6 Å². The molecular formula is C17H20F2N2O5S. The van der Waals surface area contributed by atoms with Crippen molar-refractivity contribution < 1.29 is 31.9 Å². The van der Waals surface area contributed by atoms with E-state index in [1.165, 1.54) is 11.8 Å². The Morgan fingerprint density at radius 3 is 2.44 bits per heavy atom. The number of carboxylic acid groups (broad SMARTS) is 1. The third-order valence-electron chi connectivity index (χ3n) is 5.05. The van der Waals surface area contributed by atoms with Gasteiger partial charge in [0.05, 0.1) is 28.1 Å². The molecule has 1 heterocycles. The van der Waals surface area contributed by atoms with E-state index in [0.717, 1.165) is 18.2 Å². The van der Waals surface area contributed by atoms with Crippen LogP contribution in [-0.2, 0) is 10.0 Å². The molecule has 148 valence electrons. The second kappa shape index (κ2) is 6.43. The molecule has 1 aliphatic heterocycles. The quantitative estimate of drug-likeness (QED) is 0.783. The Labute approximate surface area is 155 Å². The van der Waals surface area contributed by atoms with Gasteiger partial charge in [-0.2, -0.15) is 0 Å². The summed E-state index contributed by atoms with van der Waals surface area (Å²) < 4.78 is 53.2. The third-order valence-corrected chi connectivity index (χ3v) is 7.21. The minimum Gasteiger partial charge on any atom is -0.478 e. The lowest BCUT2D eigenvalue weighted by Gasteiger charge is -2.35. The number of nitrogens with one attached hydrogen (secondary N) is 1. The van der Waals surface area contributed by atoms with Crippen molar-refractivity contribution in [2.45, 2.75) is 43.3 Å². The topological polar surface area (TPSA) is 104 Å². The zero-order valence-electron chi connectivity index (χ0n) is 14.7. The van der Waals surface area contributed by atoms with Gasteiger partial charge in [-0.05, 0) is 44.4 Å². The second-order valence-corrected chi connectivity index (χ2v) is 9.50. The molecular weight excluding hydrogens is 382 g/mol. The number of carboxylic acids is 1. The molecule has 3 rings (SSSR count). The summed E-state index contributed by atoms with van der Waals surface area (Å²) in [5.74, 6) is -5.20. The van der Waals surface area contributed by atoms with Gasteiger partial charge in [-0.1, -0.05) is 0 Å². The number of benzene rings is 1. The fourth-order valence-electron chi connectivity index (χ4n) is 3.03. The van der Waals surface area contributed by atoms with Crippen LogP contribution in [0.2, 0.25) is 0 Å². The summed E-state index contributed by atoms with van der Waals surface area (Å²) in [6.07, 6.45) is 0.732. The fourth-order valence-corrected chi connectivity index (χ4v) is 4.27. The van der Waals surface area contributed by atoms with Gasteiger partial charge in [0.25, 0.3) is 11.8 Å². The van der Waals surface area contributed by atoms with Crippen molar-refractivity contribution in [1.82, 2.24) is 4.72 Å². The van der Waals surface area contributed by atoms with E-state index in [1.807, 2.05) is 4.72 Å². The van der Waals surface area contributed by atoms with E-state index >= 15 is 0 Å². The zero-order valence-corrected chi connectivity index (χ0v) is 15.5. The van der Waals surface area contributed by atoms with Crippen LogP contribution in [0.1, 0.15) is 53.3 Å². The maximum atomic E-state index is 13.8. The van der Waals surface area contributed by atoms with E-state index in [0.29, 0.717) is 12.8 Å². The lowest BCUT2D eigenvalue weighted by Crippen LogP contribution is -2.44. The van der Waals surface area contributed by atoms with E-state index in [-0.39, 0.29) is 36.2 Å². The molecule has 1 saturated carbocycles. The number of halogens is 2. The monoisotopic (exact) mass is 402 g/mol. The first-order valence-corrected chi connectivity index (χ1v) is 9.99. The number of carbonyl (C=O) groups excluding carboxylic acids is 1. The van der Waals surface area contributed by atoms with Gasteiger partial charge in [0, 0.05) is 13.0 Å². The smallest absolute Gasteiger partial charge is 0.335 e. The number of hydrogen-bond donors (Lipinski definition) is 2. The van der Waals surface area contributed by atoms with E-state index in [9.17, 15) is 31.9 Å². The number of alkyl halides is 2. The summed E-state index contributed by atoms with van der Waals surface area (Å²) in [5, 5.41) is 9.18. The number of amides is 1. The maximum absolute atomic E-state index is 13.8. The highest BCUT2D eigenvalue weighted by Gasteiger charge is 2.51. The third kappa shape index (κ3) is 3.90. The normalized spacial score (nSPS) is 20.8. The number of aromatic carboxylic acids is 1. The lowest BCUT2D eigenvalue weighted by atomic mass is 10.0. The van der Waals surface area contributed by atoms with Crippen LogP contribution >= 0.6 is 0 Å².